The highest BCUT2D eigenvalue weighted by Crippen LogP contribution is 2.31. The van der Waals surface area contributed by atoms with Crippen molar-refractivity contribution in [1.29, 1.82) is 0 Å². The monoisotopic (exact) mass is 560 g/mol. The number of fused-ring (bicyclic) bond motifs is 1. The average Bonchev–Trinajstić information content (AvgIpc) is 3.23. The van der Waals surface area contributed by atoms with Crippen molar-refractivity contribution in [2.45, 2.75) is 90.5 Å². The zero-order valence-corrected chi connectivity index (χ0v) is 24.8. The maximum atomic E-state index is 13.1. The number of nitrogens with zero attached hydrogens (tertiary/aromatic N) is 5. The molecule has 3 heterocycles. The fourth-order valence-corrected chi connectivity index (χ4v) is 5.68. The minimum Gasteiger partial charge on any atom is -0.394 e. The van der Waals surface area contributed by atoms with Crippen LogP contribution in [0.25, 0.3) is 0 Å². The second-order valence-electron chi connectivity index (χ2n) is 12.5. The third-order valence-corrected chi connectivity index (χ3v) is 7.82. The van der Waals surface area contributed by atoms with Crippen LogP contribution < -0.4 is 5.32 Å². The molecule has 1 saturated heterocycles. The van der Waals surface area contributed by atoms with E-state index in [-0.39, 0.29) is 30.4 Å². The van der Waals surface area contributed by atoms with E-state index in [1.807, 2.05) is 31.9 Å². The van der Waals surface area contributed by atoms with Gasteiger partial charge >= 0.3 is 6.03 Å². The van der Waals surface area contributed by atoms with Crippen LogP contribution in [0, 0.1) is 5.92 Å². The van der Waals surface area contributed by atoms with Crippen molar-refractivity contribution in [3.8, 4) is 0 Å². The number of aliphatic hydroxyl groups is 1. The standard InChI is InChI=1S/C32H44N6O3/c1-22-9-13-28(35-30(14-10-22)34-25-18-33-38(19-25)15-16-39)24-11-12-27-23(17-24)7-5-6-8-29(27)36-31(40)37-20-26(21-37)41-32(2,3)4/h9,11-13,17-19,22,26,29,39H,5-8,10,14-16,20-21H2,1-4H3,(H,36,40). The first-order valence-electron chi connectivity index (χ1n) is 15.0. The fraction of sp³-hybridized carbons (Fsp3) is 0.562. The zero-order valence-electron chi connectivity index (χ0n) is 24.8. The Kier molecular flexibility index (Phi) is 9.04. The van der Waals surface area contributed by atoms with Crippen LogP contribution in [0.1, 0.15) is 82.5 Å². The number of amidine groups is 1. The van der Waals surface area contributed by atoms with Gasteiger partial charge in [-0.15, -0.1) is 0 Å². The number of hydrogen-bond acceptors (Lipinski definition) is 5. The molecule has 1 aromatic carbocycles. The first-order valence-corrected chi connectivity index (χ1v) is 15.0. The molecule has 1 aromatic heterocycles. The van der Waals surface area contributed by atoms with E-state index < -0.39 is 0 Å². The van der Waals surface area contributed by atoms with Crippen LogP contribution in [0.3, 0.4) is 0 Å². The van der Waals surface area contributed by atoms with E-state index >= 15 is 0 Å². The van der Waals surface area contributed by atoms with Crippen molar-refractivity contribution in [2.24, 2.45) is 15.9 Å². The van der Waals surface area contributed by atoms with Gasteiger partial charge in [0.1, 0.15) is 11.5 Å². The van der Waals surface area contributed by atoms with Gasteiger partial charge in [0, 0.05) is 12.0 Å². The first-order chi connectivity index (χ1) is 19.7. The van der Waals surface area contributed by atoms with Gasteiger partial charge in [-0.05, 0) is 75.6 Å². The summed E-state index contributed by atoms with van der Waals surface area (Å²) in [6.45, 7) is 10.1. The maximum Gasteiger partial charge on any atom is 0.318 e. The number of aliphatic hydroxyl groups excluding tert-OH is 1. The Hall–Kier alpha value is -3.30. The van der Waals surface area contributed by atoms with Gasteiger partial charge in [-0.3, -0.25) is 4.68 Å². The Morgan fingerprint density at radius 3 is 2.80 bits per heavy atom. The Bertz CT molecular complexity index is 1310. The number of rotatable bonds is 6. The lowest BCUT2D eigenvalue weighted by Gasteiger charge is -2.42. The molecule has 1 fully saturated rings. The van der Waals surface area contributed by atoms with Crippen molar-refractivity contribution < 1.29 is 14.6 Å². The Balaban J connectivity index is 1.34. The molecule has 0 spiro atoms. The van der Waals surface area contributed by atoms with Gasteiger partial charge in [0.25, 0.3) is 0 Å². The SMILES string of the molecule is CC1C=CC(c2ccc3c(c2)CCCCC3NC(=O)N2CC(OC(C)(C)C)C2)=NC(=Nc2cnn(CCO)c2)CC1. The number of ether oxygens (including phenoxy) is 1. The highest BCUT2D eigenvalue weighted by atomic mass is 16.5. The minimum atomic E-state index is -0.199. The number of carbonyl (C=O) groups is 1. The summed E-state index contributed by atoms with van der Waals surface area (Å²) >= 11 is 0. The maximum absolute atomic E-state index is 13.1. The number of aryl methyl sites for hydroxylation is 1. The second kappa shape index (κ2) is 12.7. The zero-order chi connectivity index (χ0) is 29.0. The number of benzene rings is 1. The summed E-state index contributed by atoms with van der Waals surface area (Å²) in [6, 6.07) is 6.55. The topological polar surface area (TPSA) is 104 Å². The molecule has 0 bridgehead atoms. The lowest BCUT2D eigenvalue weighted by molar-refractivity contribution is -0.111. The molecular weight excluding hydrogens is 516 g/mol. The van der Waals surface area contributed by atoms with Crippen molar-refractivity contribution >= 4 is 23.3 Å². The summed E-state index contributed by atoms with van der Waals surface area (Å²) < 4.78 is 7.70. The third kappa shape index (κ3) is 7.71. The van der Waals surface area contributed by atoms with Gasteiger partial charge in [-0.2, -0.15) is 5.10 Å². The number of likely N-dealkylation sites (tertiary alicyclic amines) is 1. The molecule has 41 heavy (non-hydrogen) atoms. The molecule has 2 atom stereocenters. The summed E-state index contributed by atoms with van der Waals surface area (Å²) in [6.07, 6.45) is 13.8. The largest absolute Gasteiger partial charge is 0.394 e. The molecule has 0 radical (unpaired) electrons. The molecule has 220 valence electrons. The predicted octanol–water partition coefficient (Wildman–Crippen LogP) is 5.36. The Morgan fingerprint density at radius 2 is 2.02 bits per heavy atom. The number of hydrogen-bond donors (Lipinski definition) is 2. The van der Waals surface area contributed by atoms with Crippen molar-refractivity contribution in [1.82, 2.24) is 20.0 Å². The molecular formula is C32H44N6O3. The summed E-state index contributed by atoms with van der Waals surface area (Å²) in [4.78, 5) is 24.7. The molecule has 9 heteroatoms. The molecule has 2 aromatic rings. The van der Waals surface area contributed by atoms with E-state index in [1.165, 1.54) is 11.1 Å². The molecule has 2 N–H and O–H groups in total. The van der Waals surface area contributed by atoms with Crippen LogP contribution in [0.2, 0.25) is 0 Å². The number of allylic oxidation sites excluding steroid dienone is 2. The lowest BCUT2D eigenvalue weighted by Crippen LogP contribution is -2.59. The summed E-state index contributed by atoms with van der Waals surface area (Å²) in [5, 5.41) is 16.8. The molecule has 1 aliphatic carbocycles. The third-order valence-electron chi connectivity index (χ3n) is 7.82. The van der Waals surface area contributed by atoms with E-state index in [4.69, 9.17) is 14.7 Å². The number of aromatic nitrogens is 2. The molecule has 3 aliphatic rings. The van der Waals surface area contributed by atoms with Gasteiger partial charge in [-0.1, -0.05) is 31.6 Å². The first kappa shape index (κ1) is 29.2. The van der Waals surface area contributed by atoms with E-state index in [2.05, 4.69) is 47.7 Å². The lowest BCUT2D eigenvalue weighted by atomic mass is 9.94. The van der Waals surface area contributed by atoms with E-state index in [0.717, 1.165) is 61.3 Å². The smallest absolute Gasteiger partial charge is 0.318 e. The van der Waals surface area contributed by atoms with Crippen molar-refractivity contribution in [2.75, 3.05) is 19.7 Å². The highest BCUT2D eigenvalue weighted by molar-refractivity contribution is 6.14. The quantitative estimate of drug-likeness (QED) is 0.464. The number of amides is 2. The molecule has 2 aliphatic heterocycles. The average molecular weight is 561 g/mol. The van der Waals surface area contributed by atoms with E-state index in [0.29, 0.717) is 25.6 Å². The minimum absolute atomic E-state index is 0.000878. The van der Waals surface area contributed by atoms with Gasteiger partial charge < -0.3 is 20.1 Å². The molecule has 0 saturated carbocycles. The fourth-order valence-electron chi connectivity index (χ4n) is 5.68. The van der Waals surface area contributed by atoms with Crippen molar-refractivity contribution in [3.63, 3.8) is 0 Å². The molecule has 9 nitrogen and oxygen atoms in total. The van der Waals surface area contributed by atoms with Gasteiger partial charge in [0.15, 0.2) is 0 Å². The van der Waals surface area contributed by atoms with Crippen molar-refractivity contribution in [3.05, 3.63) is 59.4 Å². The number of urea groups is 1. The summed E-state index contributed by atoms with van der Waals surface area (Å²) in [7, 11) is 0. The van der Waals surface area contributed by atoms with E-state index in [9.17, 15) is 9.90 Å². The number of carbonyl (C=O) groups excluding carboxylic acids is 1. The number of aliphatic imine (C=N–C) groups is 2. The van der Waals surface area contributed by atoms with Crippen LogP contribution in [-0.4, -0.2) is 68.8 Å². The summed E-state index contributed by atoms with van der Waals surface area (Å²) in [5.41, 5.74) is 4.99. The van der Waals surface area contributed by atoms with Crippen LogP contribution in [0.15, 0.2) is 52.7 Å². The second-order valence-corrected chi connectivity index (χ2v) is 12.5. The van der Waals surface area contributed by atoms with Crippen LogP contribution in [0.5, 0.6) is 0 Å². The molecule has 2 unspecified atom stereocenters. The molecule has 2 amide bonds. The Labute approximate surface area is 243 Å². The van der Waals surface area contributed by atoms with Crippen LogP contribution >= 0.6 is 0 Å². The van der Waals surface area contributed by atoms with Crippen LogP contribution in [0.4, 0.5) is 10.5 Å². The Morgan fingerprint density at radius 1 is 1.20 bits per heavy atom. The van der Waals surface area contributed by atoms with Gasteiger partial charge in [0.2, 0.25) is 0 Å². The van der Waals surface area contributed by atoms with Gasteiger partial charge in [-0.25, -0.2) is 14.8 Å². The highest BCUT2D eigenvalue weighted by Gasteiger charge is 2.35. The summed E-state index contributed by atoms with van der Waals surface area (Å²) in [5.74, 6) is 1.20. The van der Waals surface area contributed by atoms with E-state index in [1.54, 1.807) is 10.9 Å². The molecule has 5 rings (SSSR count). The van der Waals surface area contributed by atoms with Gasteiger partial charge in [0.05, 0.1) is 62.1 Å². The van der Waals surface area contributed by atoms with Crippen LogP contribution in [-0.2, 0) is 17.7 Å². The predicted molar refractivity (Wildman–Crippen MR) is 162 cm³/mol. The number of nitrogens with one attached hydrogen (secondary N) is 1. The normalized spacial score (nSPS) is 22.8.